The molecule has 0 spiro atoms. The molecule has 5 nitrogen and oxygen atoms in total. The van der Waals surface area contributed by atoms with E-state index in [1.807, 2.05) is 30.1 Å². The van der Waals surface area contributed by atoms with Gasteiger partial charge in [0.25, 0.3) is 0 Å². The molecular formula is C13H22ClN5. The number of hydrogen-bond donors (Lipinski definition) is 2. The van der Waals surface area contributed by atoms with E-state index in [9.17, 15) is 0 Å². The Morgan fingerprint density at radius 1 is 1.21 bits per heavy atom. The van der Waals surface area contributed by atoms with Crippen molar-refractivity contribution in [3.8, 4) is 0 Å². The average Bonchev–Trinajstić information content (AvgIpc) is 2.36. The molecule has 0 amide bonds. The van der Waals surface area contributed by atoms with Crippen LogP contribution in [0.5, 0.6) is 0 Å². The fourth-order valence-electron chi connectivity index (χ4n) is 1.35. The Labute approximate surface area is 121 Å². The summed E-state index contributed by atoms with van der Waals surface area (Å²) in [4.78, 5) is 7.48. The van der Waals surface area contributed by atoms with Crippen molar-refractivity contribution in [2.75, 3.05) is 27.7 Å². The normalized spacial score (nSPS) is 10.6. The molecule has 0 bridgehead atoms. The maximum atomic E-state index is 7.60. The molecule has 0 aliphatic rings. The molecule has 1 rings (SSSR count). The highest BCUT2D eigenvalue weighted by Crippen LogP contribution is 2.00. The van der Waals surface area contributed by atoms with Crippen molar-refractivity contribution in [3.63, 3.8) is 0 Å². The number of nitrogens with two attached hydrogens (primary N) is 1. The van der Waals surface area contributed by atoms with E-state index in [-0.39, 0.29) is 18.4 Å². The van der Waals surface area contributed by atoms with Crippen molar-refractivity contribution in [2.24, 2.45) is 10.7 Å². The number of nitrogens with one attached hydrogen (secondary N) is 1. The van der Waals surface area contributed by atoms with Crippen molar-refractivity contribution >= 4 is 24.3 Å². The van der Waals surface area contributed by atoms with Gasteiger partial charge >= 0.3 is 0 Å². The maximum Gasteiger partial charge on any atom is 0.220 e. The van der Waals surface area contributed by atoms with Gasteiger partial charge < -0.3 is 15.5 Å². The van der Waals surface area contributed by atoms with Crippen LogP contribution in [0, 0.1) is 5.41 Å². The zero-order chi connectivity index (χ0) is 13.5. The van der Waals surface area contributed by atoms with Crippen molar-refractivity contribution in [3.05, 3.63) is 35.9 Å². The Balaban J connectivity index is 0.00000324. The van der Waals surface area contributed by atoms with E-state index < -0.39 is 0 Å². The molecule has 3 N–H and O–H groups in total. The minimum atomic E-state index is 0. The summed E-state index contributed by atoms with van der Waals surface area (Å²) in [5.41, 5.74) is 7.09. The first kappa shape index (κ1) is 17.2. The smallest absolute Gasteiger partial charge is 0.220 e. The Bertz CT molecular complexity index is 416. The molecule has 0 heterocycles. The molecule has 0 aliphatic carbocycles. The van der Waals surface area contributed by atoms with Gasteiger partial charge in [-0.05, 0) is 12.0 Å². The molecule has 6 heteroatoms. The molecule has 1 aromatic carbocycles. The number of aliphatic imine (C=N–C) groups is 1. The van der Waals surface area contributed by atoms with Crippen molar-refractivity contribution in [2.45, 2.75) is 6.42 Å². The van der Waals surface area contributed by atoms with E-state index in [4.69, 9.17) is 11.1 Å². The summed E-state index contributed by atoms with van der Waals surface area (Å²) in [6, 6.07) is 10.2. The Kier molecular flexibility index (Phi) is 7.60. The van der Waals surface area contributed by atoms with Crippen LogP contribution in [-0.2, 0) is 6.42 Å². The second-order valence-electron chi connectivity index (χ2n) is 4.35. The molecule has 19 heavy (non-hydrogen) atoms. The summed E-state index contributed by atoms with van der Waals surface area (Å²) in [5, 5.41) is 7.60. The van der Waals surface area contributed by atoms with Crippen LogP contribution >= 0.6 is 12.4 Å². The van der Waals surface area contributed by atoms with Gasteiger partial charge in [0.2, 0.25) is 5.96 Å². The van der Waals surface area contributed by atoms with Gasteiger partial charge in [0, 0.05) is 27.7 Å². The van der Waals surface area contributed by atoms with Crippen LogP contribution in [0.25, 0.3) is 0 Å². The molecule has 0 unspecified atom stereocenters. The monoisotopic (exact) mass is 283 g/mol. The highest BCUT2D eigenvalue weighted by atomic mass is 35.5. The van der Waals surface area contributed by atoms with Gasteiger partial charge in [-0.2, -0.15) is 4.99 Å². The lowest BCUT2D eigenvalue weighted by atomic mass is 10.1. The summed E-state index contributed by atoms with van der Waals surface area (Å²) in [6.07, 6.45) is 0.906. The molecule has 1 aromatic rings. The first-order valence-corrected chi connectivity index (χ1v) is 5.86. The largest absolute Gasteiger partial charge is 0.369 e. The van der Waals surface area contributed by atoms with Gasteiger partial charge in [-0.25, -0.2) is 0 Å². The Morgan fingerprint density at radius 2 is 1.79 bits per heavy atom. The number of rotatable bonds is 3. The summed E-state index contributed by atoms with van der Waals surface area (Å²) in [7, 11) is 5.41. The number of nitrogens with zero attached hydrogens (tertiary/aromatic N) is 3. The van der Waals surface area contributed by atoms with Gasteiger partial charge in [-0.1, -0.05) is 30.3 Å². The number of benzene rings is 1. The molecule has 0 saturated carbocycles. The zero-order valence-corrected chi connectivity index (χ0v) is 12.4. The van der Waals surface area contributed by atoms with Crippen molar-refractivity contribution in [1.82, 2.24) is 9.80 Å². The number of likely N-dealkylation sites (N-methyl/N-ethyl adjacent to an activating group) is 1. The number of halogens is 1. The van der Waals surface area contributed by atoms with Gasteiger partial charge in [-0.15, -0.1) is 12.4 Å². The van der Waals surface area contributed by atoms with Gasteiger partial charge in [0.1, 0.15) is 0 Å². The van der Waals surface area contributed by atoms with Crippen LogP contribution in [0.3, 0.4) is 0 Å². The molecule has 0 saturated heterocycles. The van der Waals surface area contributed by atoms with Gasteiger partial charge in [-0.3, -0.25) is 5.41 Å². The lowest BCUT2D eigenvalue weighted by Crippen LogP contribution is -2.37. The molecule has 0 aromatic heterocycles. The first-order valence-electron chi connectivity index (χ1n) is 5.86. The van der Waals surface area contributed by atoms with Crippen LogP contribution in [0.1, 0.15) is 5.56 Å². The Hall–Kier alpha value is -1.75. The van der Waals surface area contributed by atoms with Gasteiger partial charge in [0.15, 0.2) is 5.96 Å². The van der Waals surface area contributed by atoms with E-state index in [0.29, 0.717) is 5.96 Å². The summed E-state index contributed by atoms with van der Waals surface area (Å²) in [6.45, 7) is 0.778. The molecule has 0 fully saturated rings. The fraction of sp³-hybridized carbons (Fsp3) is 0.385. The standard InChI is InChI=1S/C13H21N5.ClH/c1-17(2)12(14)16-13(15)18(3)10-9-11-7-5-4-6-8-11;/h4-8H,9-10H2,1-3H3,(H3,14,15,16);1H. The van der Waals surface area contributed by atoms with E-state index in [2.05, 4.69) is 17.1 Å². The SMILES string of the molecule is CN(C)C(=N)N=C(N)N(C)CCc1ccccc1.Cl. The molecular weight excluding hydrogens is 262 g/mol. The zero-order valence-electron chi connectivity index (χ0n) is 11.6. The van der Waals surface area contributed by atoms with Crippen LogP contribution in [0.4, 0.5) is 0 Å². The molecule has 0 aliphatic heterocycles. The van der Waals surface area contributed by atoms with Crippen LogP contribution in [-0.4, -0.2) is 49.4 Å². The highest BCUT2D eigenvalue weighted by molar-refractivity contribution is 5.92. The van der Waals surface area contributed by atoms with Crippen LogP contribution in [0.2, 0.25) is 0 Å². The van der Waals surface area contributed by atoms with E-state index in [1.165, 1.54) is 5.56 Å². The number of guanidine groups is 2. The quantitative estimate of drug-likeness (QED) is 0.651. The first-order chi connectivity index (χ1) is 8.50. The third kappa shape index (κ3) is 6.10. The highest BCUT2D eigenvalue weighted by Gasteiger charge is 2.04. The number of hydrogen-bond acceptors (Lipinski definition) is 1. The minimum absolute atomic E-state index is 0. The lowest BCUT2D eigenvalue weighted by Gasteiger charge is -2.19. The fourth-order valence-corrected chi connectivity index (χ4v) is 1.35. The second kappa shape index (κ2) is 8.37. The van der Waals surface area contributed by atoms with Crippen LogP contribution in [0.15, 0.2) is 35.3 Å². The van der Waals surface area contributed by atoms with Crippen molar-refractivity contribution in [1.29, 1.82) is 5.41 Å². The van der Waals surface area contributed by atoms with E-state index >= 15 is 0 Å². The third-order valence-corrected chi connectivity index (χ3v) is 2.61. The predicted molar refractivity (Wildman–Crippen MR) is 83.1 cm³/mol. The molecule has 0 atom stereocenters. The van der Waals surface area contributed by atoms with E-state index in [0.717, 1.165) is 13.0 Å². The molecule has 0 radical (unpaired) electrons. The summed E-state index contributed by atoms with van der Waals surface area (Å²) >= 11 is 0. The van der Waals surface area contributed by atoms with Crippen LogP contribution < -0.4 is 5.73 Å². The Morgan fingerprint density at radius 3 is 2.32 bits per heavy atom. The predicted octanol–water partition coefficient (Wildman–Crippen LogP) is 1.39. The average molecular weight is 284 g/mol. The second-order valence-corrected chi connectivity index (χ2v) is 4.35. The van der Waals surface area contributed by atoms with E-state index in [1.54, 1.807) is 19.0 Å². The lowest BCUT2D eigenvalue weighted by molar-refractivity contribution is 0.501. The maximum absolute atomic E-state index is 7.60. The topological polar surface area (TPSA) is 68.7 Å². The van der Waals surface area contributed by atoms with Crippen molar-refractivity contribution < 1.29 is 0 Å². The summed E-state index contributed by atoms with van der Waals surface area (Å²) in [5.74, 6) is 0.517. The molecule has 106 valence electrons. The van der Waals surface area contributed by atoms with Gasteiger partial charge in [0.05, 0.1) is 0 Å². The third-order valence-electron chi connectivity index (χ3n) is 2.61. The minimum Gasteiger partial charge on any atom is -0.369 e. The summed E-state index contributed by atoms with van der Waals surface area (Å²) < 4.78 is 0.